The van der Waals surface area contributed by atoms with E-state index in [9.17, 15) is 4.79 Å². The average Bonchev–Trinajstić information content (AvgIpc) is 3.11. The predicted molar refractivity (Wildman–Crippen MR) is 107 cm³/mol. The number of ether oxygens (including phenoxy) is 1. The van der Waals surface area contributed by atoms with E-state index in [4.69, 9.17) is 4.74 Å². The second-order valence-electron chi connectivity index (χ2n) is 6.38. The van der Waals surface area contributed by atoms with Crippen molar-refractivity contribution in [3.8, 4) is 5.88 Å². The lowest BCUT2D eigenvalue weighted by Gasteiger charge is -2.23. The van der Waals surface area contributed by atoms with Gasteiger partial charge < -0.3 is 19.3 Å². The van der Waals surface area contributed by atoms with Gasteiger partial charge in [-0.05, 0) is 18.2 Å². The van der Waals surface area contributed by atoms with Gasteiger partial charge >= 0.3 is 0 Å². The number of carbonyl (C=O) groups is 1. The minimum Gasteiger partial charge on any atom is -0.472 e. The van der Waals surface area contributed by atoms with E-state index in [1.54, 1.807) is 25.2 Å². The molecule has 1 fully saturated rings. The third-order valence-electron chi connectivity index (χ3n) is 4.27. The molecule has 3 rings (SSSR count). The van der Waals surface area contributed by atoms with Gasteiger partial charge in [0.2, 0.25) is 5.88 Å². The smallest absolute Gasteiger partial charge is 0.255 e. The molecule has 1 aliphatic rings. The highest BCUT2D eigenvalue weighted by molar-refractivity contribution is 7.99. The largest absolute Gasteiger partial charge is 0.472 e. The number of amides is 1. The first kappa shape index (κ1) is 18.4. The van der Waals surface area contributed by atoms with Crippen LogP contribution in [0.2, 0.25) is 0 Å². The molecule has 0 aliphatic carbocycles. The topological polar surface area (TPSA) is 57.7 Å². The highest BCUT2D eigenvalue weighted by Gasteiger charge is 2.27. The molecule has 2 heterocycles. The summed E-state index contributed by atoms with van der Waals surface area (Å²) in [6, 6.07) is 11.6. The lowest BCUT2D eigenvalue weighted by atomic mass is 10.1. The number of anilines is 2. The van der Waals surface area contributed by atoms with Crippen LogP contribution in [0.15, 0.2) is 42.6 Å². The van der Waals surface area contributed by atoms with E-state index in [0.717, 1.165) is 36.4 Å². The molecule has 2 aromatic rings. The van der Waals surface area contributed by atoms with E-state index in [1.807, 2.05) is 42.7 Å². The third kappa shape index (κ3) is 4.22. The number of nitrogens with one attached hydrogen (secondary N) is 1. The van der Waals surface area contributed by atoms with Crippen LogP contribution in [0.1, 0.15) is 16.8 Å². The number of benzene rings is 1. The van der Waals surface area contributed by atoms with E-state index < -0.39 is 0 Å². The van der Waals surface area contributed by atoms with Crippen molar-refractivity contribution in [2.24, 2.45) is 0 Å². The molecule has 7 heteroatoms. The minimum absolute atomic E-state index is 0.0171. The molecule has 6 nitrogen and oxygen atoms in total. The maximum Gasteiger partial charge on any atom is 0.255 e. The molecule has 1 N–H and O–H groups in total. The molecule has 0 bridgehead atoms. The van der Waals surface area contributed by atoms with Crippen LogP contribution in [-0.4, -0.2) is 55.3 Å². The van der Waals surface area contributed by atoms with Gasteiger partial charge in [0.05, 0.1) is 24.0 Å². The molecule has 1 aromatic heterocycles. The van der Waals surface area contributed by atoms with Crippen molar-refractivity contribution in [3.05, 3.63) is 48.2 Å². The van der Waals surface area contributed by atoms with Crippen molar-refractivity contribution in [1.82, 2.24) is 9.88 Å². The Hall–Kier alpha value is -2.41. The molecule has 0 spiro atoms. The number of pyridine rings is 1. The normalized spacial score (nSPS) is 16.4. The van der Waals surface area contributed by atoms with Crippen molar-refractivity contribution in [2.45, 2.75) is 12.5 Å². The van der Waals surface area contributed by atoms with Crippen LogP contribution < -0.4 is 14.4 Å². The fourth-order valence-electron chi connectivity index (χ4n) is 3.01. The summed E-state index contributed by atoms with van der Waals surface area (Å²) in [6.45, 7) is 1.60. The van der Waals surface area contributed by atoms with Crippen LogP contribution in [0.4, 0.5) is 11.4 Å². The molecule has 138 valence electrons. The zero-order valence-corrected chi connectivity index (χ0v) is 16.1. The molecular formula is C19H24N4O2S. The Morgan fingerprint density at radius 1 is 1.31 bits per heavy atom. The molecule has 1 saturated heterocycles. The van der Waals surface area contributed by atoms with Gasteiger partial charge in [-0.15, -0.1) is 0 Å². The van der Waals surface area contributed by atoms with Gasteiger partial charge in [0, 0.05) is 45.1 Å². The second-order valence-corrected chi connectivity index (χ2v) is 6.99. The maximum atomic E-state index is 12.4. The third-order valence-corrected chi connectivity index (χ3v) is 4.71. The summed E-state index contributed by atoms with van der Waals surface area (Å²) < 4.78 is 9.16. The summed E-state index contributed by atoms with van der Waals surface area (Å²) in [6.07, 6.45) is 4.70. The second kappa shape index (κ2) is 8.31. The Bertz CT molecular complexity index is 751. The highest BCUT2D eigenvalue weighted by atomic mass is 32.2. The SMILES string of the molecule is CSNc1ccc(OC2CCN(c3ccccc3C(=O)N(C)C)C2)nc1. The van der Waals surface area contributed by atoms with E-state index in [1.165, 1.54) is 11.9 Å². The molecule has 1 unspecified atom stereocenters. The Balaban J connectivity index is 1.66. The molecule has 0 saturated carbocycles. The number of hydrogen-bond acceptors (Lipinski definition) is 6. The Morgan fingerprint density at radius 3 is 2.81 bits per heavy atom. The van der Waals surface area contributed by atoms with Crippen molar-refractivity contribution in [2.75, 3.05) is 43.1 Å². The summed E-state index contributed by atoms with van der Waals surface area (Å²) in [5.74, 6) is 0.643. The van der Waals surface area contributed by atoms with Gasteiger partial charge in [0.1, 0.15) is 6.10 Å². The van der Waals surface area contributed by atoms with Gasteiger partial charge in [0.15, 0.2) is 0 Å². The summed E-state index contributed by atoms with van der Waals surface area (Å²) in [5.41, 5.74) is 2.64. The highest BCUT2D eigenvalue weighted by Crippen LogP contribution is 2.27. The quantitative estimate of drug-likeness (QED) is 0.786. The molecule has 26 heavy (non-hydrogen) atoms. The molecule has 1 atom stereocenters. The number of para-hydroxylation sites is 1. The lowest BCUT2D eigenvalue weighted by Crippen LogP contribution is -2.28. The van der Waals surface area contributed by atoms with Gasteiger partial charge in [-0.25, -0.2) is 4.98 Å². The van der Waals surface area contributed by atoms with Crippen LogP contribution in [0, 0.1) is 0 Å². The van der Waals surface area contributed by atoms with Crippen LogP contribution in [0.25, 0.3) is 0 Å². The molecule has 0 radical (unpaired) electrons. The number of carbonyl (C=O) groups excluding carboxylic acids is 1. The number of nitrogens with zero attached hydrogens (tertiary/aromatic N) is 3. The fraction of sp³-hybridized carbons (Fsp3) is 0.368. The molecular weight excluding hydrogens is 348 g/mol. The van der Waals surface area contributed by atoms with Crippen LogP contribution in [0.3, 0.4) is 0 Å². The summed E-state index contributed by atoms with van der Waals surface area (Å²) in [5, 5.41) is 0. The predicted octanol–water partition coefficient (Wildman–Crippen LogP) is 3.13. The molecule has 1 aromatic carbocycles. The fourth-order valence-corrected chi connectivity index (χ4v) is 3.37. The van der Waals surface area contributed by atoms with Crippen molar-refractivity contribution >= 4 is 29.2 Å². The van der Waals surface area contributed by atoms with Gasteiger partial charge in [-0.2, -0.15) is 0 Å². The zero-order valence-electron chi connectivity index (χ0n) is 15.3. The Labute approximate surface area is 158 Å². The number of rotatable bonds is 6. The van der Waals surface area contributed by atoms with E-state index >= 15 is 0 Å². The first-order chi connectivity index (χ1) is 12.6. The van der Waals surface area contributed by atoms with Crippen LogP contribution in [0.5, 0.6) is 5.88 Å². The van der Waals surface area contributed by atoms with Crippen molar-refractivity contribution in [1.29, 1.82) is 0 Å². The van der Waals surface area contributed by atoms with E-state index in [-0.39, 0.29) is 12.0 Å². The first-order valence-corrected chi connectivity index (χ1v) is 9.78. The maximum absolute atomic E-state index is 12.4. The number of hydrogen-bond donors (Lipinski definition) is 1. The summed E-state index contributed by atoms with van der Waals surface area (Å²) >= 11 is 1.53. The average molecular weight is 372 g/mol. The Kier molecular flexibility index (Phi) is 5.88. The van der Waals surface area contributed by atoms with E-state index in [0.29, 0.717) is 5.88 Å². The van der Waals surface area contributed by atoms with Gasteiger partial charge in [-0.1, -0.05) is 24.1 Å². The van der Waals surface area contributed by atoms with Crippen molar-refractivity contribution in [3.63, 3.8) is 0 Å². The number of aromatic nitrogens is 1. The van der Waals surface area contributed by atoms with Crippen molar-refractivity contribution < 1.29 is 9.53 Å². The lowest BCUT2D eigenvalue weighted by molar-refractivity contribution is 0.0828. The summed E-state index contributed by atoms with van der Waals surface area (Å²) in [7, 11) is 3.55. The van der Waals surface area contributed by atoms with Gasteiger partial charge in [0.25, 0.3) is 5.91 Å². The minimum atomic E-state index is 0.0171. The van der Waals surface area contributed by atoms with Gasteiger partial charge in [-0.3, -0.25) is 4.79 Å². The zero-order chi connectivity index (χ0) is 18.5. The molecule has 1 aliphatic heterocycles. The monoisotopic (exact) mass is 372 g/mol. The first-order valence-electron chi connectivity index (χ1n) is 8.56. The standard InChI is InChI=1S/C19H24N4O2S/c1-22(2)19(24)16-6-4-5-7-17(16)23-11-10-15(13-23)25-18-9-8-14(12-20-18)21-26-3/h4-9,12,15,21H,10-11,13H2,1-3H3. The van der Waals surface area contributed by atoms with E-state index in [2.05, 4.69) is 14.6 Å². The Morgan fingerprint density at radius 2 is 2.12 bits per heavy atom. The molecule has 1 amide bonds. The van der Waals surface area contributed by atoms with Crippen LogP contribution in [-0.2, 0) is 0 Å². The van der Waals surface area contributed by atoms with Crippen LogP contribution >= 0.6 is 11.9 Å². The summed E-state index contributed by atoms with van der Waals surface area (Å²) in [4.78, 5) is 20.6.